The molecule has 0 amide bonds. The zero-order valence-corrected chi connectivity index (χ0v) is 32.8. The molecular formula is C37H68Cl2OP2Ru. The van der Waals surface area contributed by atoms with Crippen molar-refractivity contribution in [2.24, 2.45) is 0 Å². The van der Waals surface area contributed by atoms with Gasteiger partial charge in [0.2, 0.25) is 0 Å². The summed E-state index contributed by atoms with van der Waals surface area (Å²) in [6.45, 7) is 2.00. The zero-order valence-electron chi connectivity index (χ0n) is 27.8. The van der Waals surface area contributed by atoms with E-state index < -0.39 is 0 Å². The van der Waals surface area contributed by atoms with E-state index >= 15 is 0 Å². The molecule has 0 aromatic rings. The third kappa shape index (κ3) is 14.0. The summed E-state index contributed by atoms with van der Waals surface area (Å²) in [5.41, 5.74) is 7.14. The first-order valence-corrected chi connectivity index (χ1v) is 26.6. The molecule has 6 rings (SSSR count). The molecule has 6 aliphatic rings. The van der Waals surface area contributed by atoms with Crippen LogP contribution in [0, 0.1) is 0 Å². The van der Waals surface area contributed by atoms with Gasteiger partial charge in [0.25, 0.3) is 0 Å². The van der Waals surface area contributed by atoms with Gasteiger partial charge in [0.1, 0.15) is 6.79 Å². The van der Waals surface area contributed by atoms with Crippen molar-refractivity contribution < 1.29 is 19.9 Å². The van der Waals surface area contributed by atoms with Gasteiger partial charge in [-0.2, -0.15) is 0 Å². The van der Waals surface area contributed by atoms with Crippen LogP contribution in [0.2, 0.25) is 0 Å². The molecule has 254 valence electrons. The fourth-order valence-electron chi connectivity index (χ4n) is 10.1. The minimum atomic E-state index is -0.346. The van der Waals surface area contributed by atoms with Crippen molar-refractivity contribution >= 4 is 42.0 Å². The maximum atomic E-state index is 8.00. The van der Waals surface area contributed by atoms with Gasteiger partial charge >= 0.3 is 34.5 Å². The molecule has 6 aliphatic carbocycles. The topological polar surface area (TPSA) is 17.1 Å². The molecule has 0 spiro atoms. The molecule has 6 fully saturated rings. The van der Waals surface area contributed by atoms with Crippen molar-refractivity contribution in [3.63, 3.8) is 0 Å². The fraction of sp³-hybridized carbons (Fsp3) is 0.973. The van der Waals surface area contributed by atoms with Crippen LogP contribution in [0.5, 0.6) is 0 Å². The Kier molecular flexibility index (Phi) is 22.6. The van der Waals surface area contributed by atoms with Crippen LogP contribution < -0.4 is 0 Å². The SMILES string of the molecule is C1CCC(P(C2CCCCC2)C2CCCCC2)CC1.C1CCC(P(C2CCCCC2)C2CCCCC2)CC1.C=O.[Cl][Ru][Cl]. The van der Waals surface area contributed by atoms with Crippen LogP contribution in [-0.4, -0.2) is 40.7 Å². The molecule has 0 unspecified atom stereocenters. The molecule has 0 atom stereocenters. The van der Waals surface area contributed by atoms with Gasteiger partial charge in [-0.25, -0.2) is 0 Å². The predicted molar refractivity (Wildman–Crippen MR) is 194 cm³/mol. The summed E-state index contributed by atoms with van der Waals surface area (Å²) < 4.78 is 0. The van der Waals surface area contributed by atoms with E-state index in [1.54, 1.807) is 154 Å². The van der Waals surface area contributed by atoms with Gasteiger partial charge in [-0.15, -0.1) is 0 Å². The molecule has 0 bridgehead atoms. The molecule has 1 nitrogen and oxygen atoms in total. The molecular weight excluding hydrogens is 694 g/mol. The standard InChI is InChI=1S/2C18H33P.CH2O.2ClH.Ru/c2*1-4-10-16(11-5-1)19(17-12-6-2-7-13-17)18-14-8-3-9-15-18;1-2;;;/h2*16-18H,1-15H2;1H2;2*1H;/q;;;;;+2/p-2. The molecule has 0 aliphatic heterocycles. The molecule has 0 saturated heterocycles. The third-order valence-electron chi connectivity index (χ3n) is 12.0. The molecule has 6 saturated carbocycles. The summed E-state index contributed by atoms with van der Waals surface area (Å²) in [7, 11) is 10.5. The van der Waals surface area contributed by atoms with E-state index in [9.17, 15) is 0 Å². The van der Waals surface area contributed by atoms with Gasteiger partial charge < -0.3 is 4.79 Å². The summed E-state index contributed by atoms with van der Waals surface area (Å²) in [5, 5.41) is 0. The second-order valence-electron chi connectivity index (χ2n) is 14.7. The second-order valence-corrected chi connectivity index (χ2v) is 23.5. The number of hydrogen-bond acceptors (Lipinski definition) is 1. The predicted octanol–water partition coefficient (Wildman–Crippen LogP) is 14.1. The Hall–Kier alpha value is 1.73. The van der Waals surface area contributed by atoms with Crippen molar-refractivity contribution in [3.05, 3.63) is 0 Å². The zero-order chi connectivity index (χ0) is 30.5. The third-order valence-corrected chi connectivity index (χ3v) is 20.1. The molecule has 6 heteroatoms. The average molecular weight is 763 g/mol. The monoisotopic (exact) mass is 762 g/mol. The van der Waals surface area contributed by atoms with Crippen molar-refractivity contribution in [1.82, 2.24) is 0 Å². The maximum absolute atomic E-state index is 8.00. The molecule has 0 heterocycles. The van der Waals surface area contributed by atoms with Gasteiger partial charge in [-0.1, -0.05) is 131 Å². The van der Waals surface area contributed by atoms with E-state index in [-0.39, 0.29) is 15.1 Å². The first-order chi connectivity index (χ1) is 21.3. The molecule has 0 radical (unpaired) electrons. The van der Waals surface area contributed by atoms with Crippen molar-refractivity contribution in [2.45, 2.75) is 227 Å². The molecule has 0 aromatic heterocycles. The summed E-state index contributed by atoms with van der Waals surface area (Å²) in [6.07, 6.45) is 47.2. The summed E-state index contributed by atoms with van der Waals surface area (Å²) >= 11 is -0.346. The van der Waals surface area contributed by atoms with Gasteiger partial charge in [0, 0.05) is 0 Å². The van der Waals surface area contributed by atoms with E-state index in [0.717, 1.165) is 0 Å². The van der Waals surface area contributed by atoms with Gasteiger partial charge in [0.15, 0.2) is 0 Å². The Morgan fingerprint density at radius 2 is 0.442 bits per heavy atom. The van der Waals surface area contributed by atoms with Crippen LogP contribution in [0.15, 0.2) is 0 Å². The van der Waals surface area contributed by atoms with Crippen LogP contribution in [0.1, 0.15) is 193 Å². The minimum absolute atomic E-state index is 0.346. The first kappa shape index (κ1) is 39.2. The Morgan fingerprint density at radius 1 is 0.326 bits per heavy atom. The summed E-state index contributed by atoms with van der Waals surface area (Å²) in [5.74, 6) is 0. The normalized spacial score (nSPS) is 26.1. The summed E-state index contributed by atoms with van der Waals surface area (Å²) in [4.78, 5) is 8.00. The first-order valence-electron chi connectivity index (χ1n) is 19.0. The van der Waals surface area contributed by atoms with Crippen LogP contribution in [0.25, 0.3) is 0 Å². The summed E-state index contributed by atoms with van der Waals surface area (Å²) in [6, 6.07) is 0. The van der Waals surface area contributed by atoms with Gasteiger partial charge in [-0.3, -0.25) is 0 Å². The number of rotatable bonds is 6. The van der Waals surface area contributed by atoms with E-state index in [1.165, 1.54) is 72.5 Å². The van der Waals surface area contributed by atoms with Gasteiger partial charge in [-0.05, 0) is 111 Å². The second kappa shape index (κ2) is 24.8. The Morgan fingerprint density at radius 3 is 0.558 bits per heavy atom. The number of carbonyl (C=O) groups is 1. The fourth-order valence-corrected chi connectivity index (χ4v) is 19.4. The van der Waals surface area contributed by atoms with Crippen LogP contribution in [0.4, 0.5) is 0 Å². The van der Waals surface area contributed by atoms with Crippen molar-refractivity contribution in [3.8, 4) is 0 Å². The molecule has 0 N–H and O–H groups in total. The van der Waals surface area contributed by atoms with Crippen molar-refractivity contribution in [2.75, 3.05) is 0 Å². The van der Waals surface area contributed by atoms with E-state index in [0.29, 0.717) is 15.8 Å². The van der Waals surface area contributed by atoms with Gasteiger partial charge in [0.05, 0.1) is 0 Å². The van der Waals surface area contributed by atoms with Crippen molar-refractivity contribution in [1.29, 1.82) is 0 Å². The number of hydrogen-bond donors (Lipinski definition) is 0. The molecule has 43 heavy (non-hydrogen) atoms. The Balaban J connectivity index is 0.000000205. The Bertz CT molecular complexity index is 511. The number of carbonyl (C=O) groups excluding carboxylic acids is 1. The van der Waals surface area contributed by atoms with E-state index in [4.69, 9.17) is 24.2 Å². The number of halogens is 2. The Labute approximate surface area is 286 Å². The van der Waals surface area contributed by atoms with Crippen LogP contribution in [-0.2, 0) is 19.9 Å². The van der Waals surface area contributed by atoms with E-state index in [1.807, 2.05) is 6.79 Å². The van der Waals surface area contributed by atoms with E-state index in [2.05, 4.69) is 0 Å². The molecule has 0 aromatic carbocycles. The van der Waals surface area contributed by atoms with Crippen LogP contribution >= 0.6 is 35.2 Å². The van der Waals surface area contributed by atoms with Crippen LogP contribution in [0.3, 0.4) is 0 Å². The average Bonchev–Trinajstić information content (AvgIpc) is 3.10. The quantitative estimate of drug-likeness (QED) is 0.195.